The highest BCUT2D eigenvalue weighted by Gasteiger charge is 2.26. The molecule has 0 radical (unpaired) electrons. The lowest BCUT2D eigenvalue weighted by molar-refractivity contribution is 0.0781. The minimum Gasteiger partial charge on any atom is -0.329 e. The van der Waals surface area contributed by atoms with E-state index in [0.717, 1.165) is 12.5 Å². The van der Waals surface area contributed by atoms with Crippen LogP contribution in [0.15, 0.2) is 0 Å². The van der Waals surface area contributed by atoms with E-state index in [9.17, 15) is 0 Å². The van der Waals surface area contributed by atoms with E-state index in [1.165, 1.54) is 32.4 Å². The van der Waals surface area contributed by atoms with Gasteiger partial charge in [0, 0.05) is 25.7 Å². The lowest BCUT2D eigenvalue weighted by Crippen LogP contribution is -2.52. The molecule has 12 heavy (non-hydrogen) atoms. The molecule has 2 unspecified atom stereocenters. The van der Waals surface area contributed by atoms with Crippen molar-refractivity contribution in [3.8, 4) is 0 Å². The molecule has 1 aliphatic heterocycles. The van der Waals surface area contributed by atoms with E-state index < -0.39 is 0 Å². The molecule has 0 amide bonds. The van der Waals surface area contributed by atoms with Crippen LogP contribution in [0.3, 0.4) is 0 Å². The number of hydrogen-bond donors (Lipinski definition) is 1. The van der Waals surface area contributed by atoms with Gasteiger partial charge in [0.1, 0.15) is 0 Å². The molecular formula is C10H22N2. The quantitative estimate of drug-likeness (QED) is 0.677. The molecule has 0 spiro atoms. The molecule has 0 bridgehead atoms. The maximum Gasteiger partial charge on any atom is 0.0230 e. The van der Waals surface area contributed by atoms with Crippen LogP contribution in [-0.2, 0) is 0 Å². The Morgan fingerprint density at radius 1 is 1.58 bits per heavy atom. The van der Waals surface area contributed by atoms with Gasteiger partial charge in [0.05, 0.1) is 0 Å². The first-order chi connectivity index (χ1) is 5.77. The number of hydrogen-bond acceptors (Lipinski definition) is 2. The molecule has 0 aromatic heterocycles. The van der Waals surface area contributed by atoms with Gasteiger partial charge in [0.2, 0.25) is 0 Å². The Morgan fingerprint density at radius 2 is 2.33 bits per heavy atom. The highest BCUT2D eigenvalue weighted by molar-refractivity contribution is 4.83. The van der Waals surface area contributed by atoms with E-state index in [-0.39, 0.29) is 0 Å². The van der Waals surface area contributed by atoms with Crippen molar-refractivity contribution in [2.24, 2.45) is 11.7 Å². The largest absolute Gasteiger partial charge is 0.329 e. The van der Waals surface area contributed by atoms with Crippen LogP contribution in [-0.4, -0.2) is 30.6 Å². The van der Waals surface area contributed by atoms with Gasteiger partial charge in [-0.05, 0) is 18.8 Å². The molecule has 2 atom stereocenters. The zero-order chi connectivity index (χ0) is 8.97. The second-order valence-electron chi connectivity index (χ2n) is 4.07. The van der Waals surface area contributed by atoms with Crippen LogP contribution in [0.5, 0.6) is 0 Å². The van der Waals surface area contributed by atoms with Gasteiger partial charge >= 0.3 is 0 Å². The monoisotopic (exact) mass is 170 g/mol. The number of likely N-dealkylation sites (tertiary alicyclic amines) is 1. The summed E-state index contributed by atoms with van der Waals surface area (Å²) in [7, 11) is 0. The number of rotatable bonds is 5. The zero-order valence-corrected chi connectivity index (χ0v) is 8.42. The maximum absolute atomic E-state index is 5.63. The van der Waals surface area contributed by atoms with Crippen LogP contribution in [0.1, 0.15) is 33.1 Å². The lowest BCUT2D eigenvalue weighted by Gasteiger charge is -2.41. The van der Waals surface area contributed by atoms with Crippen LogP contribution in [0.2, 0.25) is 0 Å². The molecule has 1 saturated heterocycles. The Hall–Kier alpha value is -0.0800. The van der Waals surface area contributed by atoms with Crippen LogP contribution in [0, 0.1) is 5.92 Å². The third-order valence-electron chi connectivity index (χ3n) is 2.87. The van der Waals surface area contributed by atoms with Gasteiger partial charge in [-0.15, -0.1) is 0 Å². The predicted molar refractivity (Wildman–Crippen MR) is 53.1 cm³/mol. The topological polar surface area (TPSA) is 29.3 Å². The van der Waals surface area contributed by atoms with Crippen molar-refractivity contribution >= 4 is 0 Å². The van der Waals surface area contributed by atoms with E-state index in [2.05, 4.69) is 18.7 Å². The van der Waals surface area contributed by atoms with Gasteiger partial charge in [-0.2, -0.15) is 0 Å². The number of nitrogens with two attached hydrogens (primary N) is 1. The molecule has 2 nitrogen and oxygen atoms in total. The summed E-state index contributed by atoms with van der Waals surface area (Å²) in [5.74, 6) is 0.851. The van der Waals surface area contributed by atoms with Crippen molar-refractivity contribution in [1.82, 2.24) is 4.90 Å². The molecule has 1 rings (SSSR count). The maximum atomic E-state index is 5.63. The van der Waals surface area contributed by atoms with Gasteiger partial charge in [0.15, 0.2) is 0 Å². The fourth-order valence-electron chi connectivity index (χ4n) is 1.99. The van der Waals surface area contributed by atoms with Crippen molar-refractivity contribution in [3.63, 3.8) is 0 Å². The molecule has 1 aliphatic rings. The Morgan fingerprint density at radius 3 is 2.75 bits per heavy atom. The first kappa shape index (κ1) is 10.0. The first-order valence-corrected chi connectivity index (χ1v) is 5.22. The van der Waals surface area contributed by atoms with E-state index in [0.29, 0.717) is 6.04 Å². The van der Waals surface area contributed by atoms with Gasteiger partial charge in [0.25, 0.3) is 0 Å². The van der Waals surface area contributed by atoms with Crippen LogP contribution >= 0.6 is 0 Å². The van der Waals surface area contributed by atoms with Crippen molar-refractivity contribution in [2.45, 2.75) is 39.2 Å². The minimum atomic E-state index is 0.698. The van der Waals surface area contributed by atoms with Gasteiger partial charge in [-0.3, -0.25) is 4.90 Å². The Bertz CT molecular complexity index is 123. The summed E-state index contributed by atoms with van der Waals surface area (Å²) in [4.78, 5) is 2.53. The average molecular weight is 170 g/mol. The lowest BCUT2D eigenvalue weighted by atomic mass is 9.98. The standard InChI is InChI=1S/C10H22N2/c1-3-4-9(2)8-12-6-5-10(12)7-11/h9-10H,3-8,11H2,1-2H3. The van der Waals surface area contributed by atoms with Crippen molar-refractivity contribution in [3.05, 3.63) is 0 Å². The second-order valence-corrected chi connectivity index (χ2v) is 4.07. The van der Waals surface area contributed by atoms with Crippen LogP contribution < -0.4 is 5.73 Å². The molecule has 72 valence electrons. The minimum absolute atomic E-state index is 0.698. The smallest absolute Gasteiger partial charge is 0.0230 e. The fraction of sp³-hybridized carbons (Fsp3) is 1.00. The SMILES string of the molecule is CCCC(C)CN1CCC1CN. The summed E-state index contributed by atoms with van der Waals surface area (Å²) in [6.45, 7) is 7.98. The summed E-state index contributed by atoms with van der Waals surface area (Å²) in [6, 6.07) is 0.698. The first-order valence-electron chi connectivity index (χ1n) is 5.22. The van der Waals surface area contributed by atoms with Gasteiger partial charge < -0.3 is 5.73 Å². The predicted octanol–water partition coefficient (Wildman–Crippen LogP) is 1.46. The Labute approximate surface area is 76.1 Å². The molecule has 0 aliphatic carbocycles. The van der Waals surface area contributed by atoms with Gasteiger partial charge in [-0.25, -0.2) is 0 Å². The Balaban J connectivity index is 2.13. The van der Waals surface area contributed by atoms with Gasteiger partial charge in [-0.1, -0.05) is 20.3 Å². The van der Waals surface area contributed by atoms with Crippen molar-refractivity contribution < 1.29 is 0 Å². The normalized spacial score (nSPS) is 26.8. The van der Waals surface area contributed by atoms with E-state index in [1.807, 2.05) is 0 Å². The third kappa shape index (κ3) is 2.46. The third-order valence-corrected chi connectivity index (χ3v) is 2.87. The molecule has 2 heteroatoms. The highest BCUT2D eigenvalue weighted by atomic mass is 15.2. The molecule has 0 aromatic rings. The Kier molecular flexibility index (Phi) is 4.02. The zero-order valence-electron chi connectivity index (χ0n) is 8.42. The second kappa shape index (κ2) is 4.83. The summed E-state index contributed by atoms with van der Waals surface area (Å²) in [5.41, 5.74) is 5.63. The molecule has 1 heterocycles. The molecule has 1 fully saturated rings. The molecule has 0 saturated carbocycles. The van der Waals surface area contributed by atoms with Crippen molar-refractivity contribution in [1.29, 1.82) is 0 Å². The molecule has 0 aromatic carbocycles. The summed E-state index contributed by atoms with van der Waals surface area (Å²) >= 11 is 0. The molecule has 2 N–H and O–H groups in total. The van der Waals surface area contributed by atoms with E-state index in [4.69, 9.17) is 5.73 Å². The summed E-state index contributed by atoms with van der Waals surface area (Å²) in [5, 5.41) is 0. The van der Waals surface area contributed by atoms with Crippen molar-refractivity contribution in [2.75, 3.05) is 19.6 Å². The van der Waals surface area contributed by atoms with E-state index >= 15 is 0 Å². The fourth-order valence-corrected chi connectivity index (χ4v) is 1.99. The van der Waals surface area contributed by atoms with E-state index in [1.54, 1.807) is 0 Å². The number of nitrogens with zero attached hydrogens (tertiary/aromatic N) is 1. The summed E-state index contributed by atoms with van der Waals surface area (Å²) in [6.07, 6.45) is 3.98. The van der Waals surface area contributed by atoms with Crippen LogP contribution in [0.4, 0.5) is 0 Å². The van der Waals surface area contributed by atoms with Crippen LogP contribution in [0.25, 0.3) is 0 Å². The summed E-state index contributed by atoms with van der Waals surface area (Å²) < 4.78 is 0. The average Bonchev–Trinajstić information content (AvgIpc) is 2.00. The highest BCUT2D eigenvalue weighted by Crippen LogP contribution is 2.19. The molecular weight excluding hydrogens is 148 g/mol.